The number of carbonyl (C=O) groups is 1. The van der Waals surface area contributed by atoms with E-state index in [1.807, 2.05) is 13.0 Å². The summed E-state index contributed by atoms with van der Waals surface area (Å²) in [5.41, 5.74) is 8.79. The topological polar surface area (TPSA) is 75.3 Å². The van der Waals surface area contributed by atoms with Gasteiger partial charge in [0.2, 0.25) is 5.91 Å². The number of rotatable bonds is 4. The minimum atomic E-state index is -1.13. The van der Waals surface area contributed by atoms with Crippen LogP contribution in [0, 0.1) is 6.92 Å². The fraction of sp³-hybridized carbons (Fsp3) is 0.533. The average Bonchev–Trinajstić information content (AvgIpc) is 2.34. The third kappa shape index (κ3) is 4.33. The highest BCUT2D eigenvalue weighted by atomic mass is 16.3. The fourth-order valence-electron chi connectivity index (χ4n) is 1.77. The van der Waals surface area contributed by atoms with Gasteiger partial charge in [0.1, 0.15) is 6.10 Å². The molecule has 4 nitrogen and oxygen atoms in total. The Morgan fingerprint density at radius 1 is 1.42 bits per heavy atom. The minimum Gasteiger partial charge on any atom is -0.382 e. The van der Waals surface area contributed by atoms with Gasteiger partial charge in [0.05, 0.1) is 0 Å². The number of aliphatic hydroxyl groups excluding tert-OH is 1. The molecule has 0 aliphatic rings. The van der Waals surface area contributed by atoms with Crippen molar-refractivity contribution in [2.24, 2.45) is 5.73 Å². The van der Waals surface area contributed by atoms with Gasteiger partial charge in [-0.25, -0.2) is 0 Å². The van der Waals surface area contributed by atoms with Crippen molar-refractivity contribution in [2.75, 3.05) is 6.54 Å². The van der Waals surface area contributed by atoms with Crippen molar-refractivity contribution >= 4 is 5.91 Å². The number of aliphatic hydroxyl groups is 1. The quantitative estimate of drug-likeness (QED) is 0.765. The van der Waals surface area contributed by atoms with Crippen molar-refractivity contribution in [3.63, 3.8) is 0 Å². The normalized spacial score (nSPS) is 13.2. The summed E-state index contributed by atoms with van der Waals surface area (Å²) < 4.78 is 0. The fourth-order valence-corrected chi connectivity index (χ4v) is 1.77. The lowest BCUT2D eigenvalue weighted by Crippen LogP contribution is -2.38. The van der Waals surface area contributed by atoms with Gasteiger partial charge in [0, 0.05) is 13.1 Å². The van der Waals surface area contributed by atoms with Gasteiger partial charge in [-0.3, -0.25) is 4.79 Å². The number of benzene rings is 1. The van der Waals surface area contributed by atoms with E-state index in [1.165, 1.54) is 5.56 Å². The number of hydrogen-bond donors (Lipinski definition) is 3. The van der Waals surface area contributed by atoms with E-state index >= 15 is 0 Å². The molecule has 0 aromatic heterocycles. The minimum absolute atomic E-state index is 0.0617. The molecule has 19 heavy (non-hydrogen) atoms. The van der Waals surface area contributed by atoms with E-state index in [2.05, 4.69) is 38.2 Å². The summed E-state index contributed by atoms with van der Waals surface area (Å²) in [5.74, 6) is -0.429. The summed E-state index contributed by atoms with van der Waals surface area (Å²) >= 11 is 0. The van der Waals surface area contributed by atoms with Crippen LogP contribution in [0.5, 0.6) is 0 Å². The molecule has 4 N–H and O–H groups in total. The predicted octanol–water partition coefficient (Wildman–Crippen LogP) is 1.23. The monoisotopic (exact) mass is 264 g/mol. The summed E-state index contributed by atoms with van der Waals surface area (Å²) in [7, 11) is 0. The number of carbonyl (C=O) groups excluding carboxylic acids is 1. The first-order valence-electron chi connectivity index (χ1n) is 6.51. The molecule has 1 aromatic rings. The summed E-state index contributed by atoms with van der Waals surface area (Å²) in [5, 5.41) is 12.0. The molecule has 1 unspecified atom stereocenters. The number of amides is 1. The van der Waals surface area contributed by atoms with Gasteiger partial charge in [0.15, 0.2) is 0 Å². The van der Waals surface area contributed by atoms with E-state index in [4.69, 9.17) is 5.73 Å². The highest BCUT2D eigenvalue weighted by Crippen LogP contribution is 2.24. The molecule has 0 heterocycles. The predicted molar refractivity (Wildman–Crippen MR) is 76.8 cm³/mol. The van der Waals surface area contributed by atoms with Gasteiger partial charge in [-0.2, -0.15) is 0 Å². The van der Waals surface area contributed by atoms with Crippen LogP contribution in [-0.2, 0) is 16.8 Å². The Balaban J connectivity index is 2.74. The SMILES string of the molecule is Cc1cc(C(C)(C)C)ccc1CNC(=O)C(O)CN. The first-order valence-corrected chi connectivity index (χ1v) is 6.51. The molecule has 0 saturated carbocycles. The first kappa shape index (κ1) is 15.7. The van der Waals surface area contributed by atoms with Crippen LogP contribution in [0.25, 0.3) is 0 Å². The zero-order valence-electron chi connectivity index (χ0n) is 12.2. The van der Waals surface area contributed by atoms with Crippen LogP contribution < -0.4 is 11.1 Å². The van der Waals surface area contributed by atoms with Crippen molar-refractivity contribution in [2.45, 2.75) is 45.8 Å². The molecule has 0 aliphatic carbocycles. The van der Waals surface area contributed by atoms with Crippen molar-refractivity contribution in [1.29, 1.82) is 0 Å². The first-order chi connectivity index (χ1) is 8.75. The molecule has 1 atom stereocenters. The van der Waals surface area contributed by atoms with E-state index in [0.29, 0.717) is 6.54 Å². The molecular formula is C15H24N2O2. The molecular weight excluding hydrogens is 240 g/mol. The average molecular weight is 264 g/mol. The summed E-state index contributed by atoms with van der Waals surface area (Å²) in [4.78, 5) is 11.4. The van der Waals surface area contributed by atoms with Crippen LogP contribution in [0.1, 0.15) is 37.5 Å². The van der Waals surface area contributed by atoms with Crippen LogP contribution in [0.4, 0.5) is 0 Å². The van der Waals surface area contributed by atoms with Gasteiger partial charge in [-0.1, -0.05) is 39.0 Å². The third-order valence-corrected chi connectivity index (χ3v) is 3.19. The van der Waals surface area contributed by atoms with E-state index in [0.717, 1.165) is 11.1 Å². The molecule has 4 heteroatoms. The van der Waals surface area contributed by atoms with E-state index in [1.54, 1.807) is 0 Å². The number of nitrogens with two attached hydrogens (primary N) is 1. The Morgan fingerprint density at radius 3 is 2.53 bits per heavy atom. The Labute approximate surface area is 115 Å². The van der Waals surface area contributed by atoms with Crippen molar-refractivity contribution in [3.05, 3.63) is 34.9 Å². The standard InChI is InChI=1S/C15H24N2O2/c1-10-7-12(15(2,3)4)6-5-11(10)9-17-14(19)13(18)8-16/h5-7,13,18H,8-9,16H2,1-4H3,(H,17,19). The number of aryl methyl sites for hydroxylation is 1. The second-order valence-electron chi connectivity index (χ2n) is 5.86. The second kappa shape index (κ2) is 6.17. The highest BCUT2D eigenvalue weighted by molar-refractivity contribution is 5.80. The molecule has 0 saturated heterocycles. The van der Waals surface area contributed by atoms with Crippen LogP contribution in [-0.4, -0.2) is 23.7 Å². The van der Waals surface area contributed by atoms with Crippen molar-refractivity contribution < 1.29 is 9.90 Å². The highest BCUT2D eigenvalue weighted by Gasteiger charge is 2.15. The Hall–Kier alpha value is -1.39. The third-order valence-electron chi connectivity index (χ3n) is 3.19. The van der Waals surface area contributed by atoms with Gasteiger partial charge in [-0.05, 0) is 29.0 Å². The molecule has 1 rings (SSSR count). The summed E-state index contributed by atoms with van der Waals surface area (Å²) in [6, 6.07) is 6.24. The lowest BCUT2D eigenvalue weighted by molar-refractivity contribution is -0.128. The van der Waals surface area contributed by atoms with Crippen LogP contribution in [0.2, 0.25) is 0 Å². The lowest BCUT2D eigenvalue weighted by Gasteiger charge is -2.20. The molecule has 1 amide bonds. The Bertz CT molecular complexity index is 450. The van der Waals surface area contributed by atoms with Crippen LogP contribution in [0.15, 0.2) is 18.2 Å². The molecule has 0 aliphatic heterocycles. The summed E-state index contributed by atoms with van der Waals surface area (Å²) in [6.45, 7) is 8.87. The maximum Gasteiger partial charge on any atom is 0.250 e. The second-order valence-corrected chi connectivity index (χ2v) is 5.86. The molecule has 0 radical (unpaired) electrons. The van der Waals surface area contributed by atoms with Crippen LogP contribution in [0.3, 0.4) is 0 Å². The van der Waals surface area contributed by atoms with Crippen LogP contribution >= 0.6 is 0 Å². The Kier molecular flexibility index (Phi) is 5.09. The van der Waals surface area contributed by atoms with Gasteiger partial charge in [-0.15, -0.1) is 0 Å². The van der Waals surface area contributed by atoms with E-state index < -0.39 is 12.0 Å². The smallest absolute Gasteiger partial charge is 0.250 e. The van der Waals surface area contributed by atoms with Crippen molar-refractivity contribution in [1.82, 2.24) is 5.32 Å². The maximum absolute atomic E-state index is 11.4. The molecule has 106 valence electrons. The molecule has 0 fully saturated rings. The van der Waals surface area contributed by atoms with E-state index in [-0.39, 0.29) is 12.0 Å². The van der Waals surface area contributed by atoms with Gasteiger partial charge in [0.25, 0.3) is 0 Å². The zero-order valence-corrected chi connectivity index (χ0v) is 12.2. The van der Waals surface area contributed by atoms with Crippen molar-refractivity contribution in [3.8, 4) is 0 Å². The summed E-state index contributed by atoms with van der Waals surface area (Å²) in [6.07, 6.45) is -1.13. The maximum atomic E-state index is 11.4. The Morgan fingerprint density at radius 2 is 2.05 bits per heavy atom. The molecule has 0 spiro atoms. The van der Waals surface area contributed by atoms with E-state index in [9.17, 15) is 9.90 Å². The van der Waals surface area contributed by atoms with Gasteiger partial charge >= 0.3 is 0 Å². The number of hydrogen-bond acceptors (Lipinski definition) is 3. The molecule has 1 aromatic carbocycles. The number of nitrogens with one attached hydrogen (secondary N) is 1. The largest absolute Gasteiger partial charge is 0.382 e. The molecule has 0 bridgehead atoms. The van der Waals surface area contributed by atoms with Gasteiger partial charge < -0.3 is 16.2 Å². The lowest BCUT2D eigenvalue weighted by atomic mass is 9.85. The zero-order chi connectivity index (χ0) is 14.6.